The SMILES string of the molecule is Cc1cc(Cc2oc(/C=C/c3ccc(C(F)(F)F)cc3)nc2C)ccc1OCCCn1ccnc1CO. The highest BCUT2D eigenvalue weighted by Gasteiger charge is 2.29. The molecule has 0 atom stereocenters. The van der Waals surface area contributed by atoms with E-state index in [2.05, 4.69) is 16.0 Å². The lowest BCUT2D eigenvalue weighted by Gasteiger charge is -2.11. The summed E-state index contributed by atoms with van der Waals surface area (Å²) in [6.07, 6.45) is 3.81. The van der Waals surface area contributed by atoms with Gasteiger partial charge in [0, 0.05) is 31.4 Å². The van der Waals surface area contributed by atoms with Crippen molar-refractivity contribution in [2.75, 3.05) is 6.61 Å². The zero-order valence-corrected chi connectivity index (χ0v) is 20.6. The summed E-state index contributed by atoms with van der Waals surface area (Å²) >= 11 is 0. The molecular formula is C28H28F3N3O3. The summed E-state index contributed by atoms with van der Waals surface area (Å²) in [6, 6.07) is 10.9. The first-order valence-electron chi connectivity index (χ1n) is 11.9. The molecule has 0 saturated heterocycles. The molecule has 1 N–H and O–H groups in total. The van der Waals surface area contributed by atoms with E-state index >= 15 is 0 Å². The van der Waals surface area contributed by atoms with Gasteiger partial charge in [0.1, 0.15) is 23.9 Å². The Morgan fingerprint density at radius 2 is 1.86 bits per heavy atom. The molecule has 0 aliphatic rings. The molecule has 37 heavy (non-hydrogen) atoms. The molecular weight excluding hydrogens is 483 g/mol. The first-order valence-corrected chi connectivity index (χ1v) is 11.9. The van der Waals surface area contributed by atoms with Crippen molar-refractivity contribution < 1.29 is 27.4 Å². The van der Waals surface area contributed by atoms with Crippen molar-refractivity contribution in [1.29, 1.82) is 0 Å². The molecule has 6 nitrogen and oxygen atoms in total. The van der Waals surface area contributed by atoms with Gasteiger partial charge in [-0.3, -0.25) is 0 Å². The predicted octanol–water partition coefficient (Wildman–Crippen LogP) is 6.23. The van der Waals surface area contributed by atoms with Gasteiger partial charge in [-0.25, -0.2) is 9.97 Å². The molecule has 0 fully saturated rings. The van der Waals surface area contributed by atoms with Gasteiger partial charge in [0.2, 0.25) is 5.89 Å². The summed E-state index contributed by atoms with van der Waals surface area (Å²) in [5.41, 5.74) is 2.75. The smallest absolute Gasteiger partial charge is 0.416 e. The maximum Gasteiger partial charge on any atom is 0.416 e. The van der Waals surface area contributed by atoms with E-state index in [1.165, 1.54) is 12.1 Å². The molecule has 0 aliphatic heterocycles. The van der Waals surface area contributed by atoms with Gasteiger partial charge in [0.25, 0.3) is 0 Å². The Kier molecular flexibility index (Phi) is 8.13. The molecule has 0 aliphatic carbocycles. The number of aryl methyl sites for hydroxylation is 3. The molecule has 2 aromatic heterocycles. The lowest BCUT2D eigenvalue weighted by atomic mass is 10.1. The maximum absolute atomic E-state index is 12.7. The number of nitrogens with zero attached hydrogens (tertiary/aromatic N) is 3. The van der Waals surface area contributed by atoms with Crippen molar-refractivity contribution in [1.82, 2.24) is 14.5 Å². The minimum absolute atomic E-state index is 0.0873. The number of hydrogen-bond donors (Lipinski definition) is 1. The highest BCUT2D eigenvalue weighted by Crippen LogP contribution is 2.29. The number of aliphatic hydroxyl groups is 1. The summed E-state index contributed by atoms with van der Waals surface area (Å²) < 4.78 is 51.9. The second-order valence-corrected chi connectivity index (χ2v) is 8.69. The third-order valence-electron chi connectivity index (χ3n) is 5.91. The highest BCUT2D eigenvalue weighted by molar-refractivity contribution is 5.66. The van der Waals surface area contributed by atoms with Crippen LogP contribution in [0.3, 0.4) is 0 Å². The van der Waals surface area contributed by atoms with Gasteiger partial charge >= 0.3 is 6.18 Å². The van der Waals surface area contributed by atoms with E-state index in [0.29, 0.717) is 36.9 Å². The van der Waals surface area contributed by atoms with Crippen LogP contribution < -0.4 is 4.74 Å². The van der Waals surface area contributed by atoms with Crippen molar-refractivity contribution in [3.63, 3.8) is 0 Å². The molecule has 0 spiro atoms. The topological polar surface area (TPSA) is 73.3 Å². The first-order chi connectivity index (χ1) is 17.7. The zero-order chi connectivity index (χ0) is 26.4. The zero-order valence-electron chi connectivity index (χ0n) is 20.6. The Hall–Kier alpha value is -3.85. The largest absolute Gasteiger partial charge is 0.493 e. The third kappa shape index (κ3) is 6.89. The van der Waals surface area contributed by atoms with Crippen LogP contribution in [0.2, 0.25) is 0 Å². The van der Waals surface area contributed by atoms with Gasteiger partial charge in [-0.15, -0.1) is 0 Å². The second-order valence-electron chi connectivity index (χ2n) is 8.69. The molecule has 2 aromatic carbocycles. The van der Waals surface area contributed by atoms with E-state index in [1.54, 1.807) is 18.3 Å². The van der Waals surface area contributed by atoms with Gasteiger partial charge in [0.05, 0.1) is 17.9 Å². The van der Waals surface area contributed by atoms with Crippen molar-refractivity contribution in [2.24, 2.45) is 0 Å². The van der Waals surface area contributed by atoms with E-state index in [0.717, 1.165) is 46.9 Å². The van der Waals surface area contributed by atoms with E-state index in [1.807, 2.05) is 36.7 Å². The standard InChI is InChI=1S/C28H28F3N3O3/c1-19-16-22(6-10-24(19)36-15-3-13-34-14-12-32-26(34)18-35)17-25-20(2)33-27(37-25)11-7-21-4-8-23(9-5-21)28(29,30)31/h4-12,14,16,35H,3,13,15,17-18H2,1-2H3/b11-7+. The third-order valence-corrected chi connectivity index (χ3v) is 5.91. The Balaban J connectivity index is 1.32. The summed E-state index contributed by atoms with van der Waals surface area (Å²) in [5.74, 6) is 2.57. The molecule has 0 bridgehead atoms. The van der Waals surface area contributed by atoms with Crippen LogP contribution in [0.15, 0.2) is 59.3 Å². The lowest BCUT2D eigenvalue weighted by Crippen LogP contribution is -2.07. The molecule has 4 aromatic rings. The number of benzene rings is 2. The molecule has 194 valence electrons. The predicted molar refractivity (Wildman–Crippen MR) is 134 cm³/mol. The van der Waals surface area contributed by atoms with E-state index in [9.17, 15) is 18.3 Å². The van der Waals surface area contributed by atoms with Gasteiger partial charge < -0.3 is 18.8 Å². The number of hydrogen-bond acceptors (Lipinski definition) is 5. The summed E-state index contributed by atoms with van der Waals surface area (Å²) in [5, 5.41) is 9.27. The fourth-order valence-electron chi connectivity index (χ4n) is 3.92. The van der Waals surface area contributed by atoms with E-state index in [4.69, 9.17) is 9.15 Å². The van der Waals surface area contributed by atoms with Crippen LogP contribution >= 0.6 is 0 Å². The number of aromatic nitrogens is 3. The van der Waals surface area contributed by atoms with Crippen molar-refractivity contribution in [3.8, 4) is 5.75 Å². The lowest BCUT2D eigenvalue weighted by molar-refractivity contribution is -0.137. The fraction of sp³-hybridized carbons (Fsp3) is 0.286. The number of alkyl halides is 3. The average molecular weight is 512 g/mol. The number of oxazole rings is 1. The number of rotatable bonds is 10. The van der Waals surface area contributed by atoms with Crippen molar-refractivity contribution >= 4 is 12.2 Å². The normalized spacial score (nSPS) is 11.9. The summed E-state index contributed by atoms with van der Waals surface area (Å²) in [6.45, 7) is 5.02. The molecule has 0 unspecified atom stereocenters. The number of ether oxygens (including phenoxy) is 1. The van der Waals surface area contributed by atoms with Gasteiger partial charge in [-0.05, 0) is 61.2 Å². The van der Waals surface area contributed by atoms with Crippen molar-refractivity contribution in [3.05, 3.63) is 100 Å². The number of imidazole rings is 1. The summed E-state index contributed by atoms with van der Waals surface area (Å²) in [7, 11) is 0. The molecule has 9 heteroatoms. The highest BCUT2D eigenvalue weighted by atomic mass is 19.4. The Labute approximate surface area is 213 Å². The first kappa shape index (κ1) is 26.2. The second kappa shape index (κ2) is 11.5. The fourth-order valence-corrected chi connectivity index (χ4v) is 3.92. The van der Waals surface area contributed by atoms with Crippen LogP contribution in [0.5, 0.6) is 5.75 Å². The van der Waals surface area contributed by atoms with Crippen LogP contribution in [0, 0.1) is 13.8 Å². The minimum Gasteiger partial charge on any atom is -0.493 e. The summed E-state index contributed by atoms with van der Waals surface area (Å²) in [4.78, 5) is 8.52. The number of halogens is 3. The molecule has 0 radical (unpaired) electrons. The van der Waals surface area contributed by atoms with E-state index < -0.39 is 11.7 Å². The Morgan fingerprint density at radius 3 is 2.57 bits per heavy atom. The van der Waals surface area contributed by atoms with Crippen molar-refractivity contribution in [2.45, 2.75) is 46.0 Å². The Bertz CT molecular complexity index is 1360. The van der Waals surface area contributed by atoms with Gasteiger partial charge in [-0.2, -0.15) is 13.2 Å². The minimum atomic E-state index is -4.36. The van der Waals surface area contributed by atoms with Crippen LogP contribution in [-0.2, 0) is 25.7 Å². The van der Waals surface area contributed by atoms with Crippen LogP contribution in [0.4, 0.5) is 13.2 Å². The van der Waals surface area contributed by atoms with Crippen LogP contribution in [0.1, 0.15) is 51.8 Å². The van der Waals surface area contributed by atoms with Gasteiger partial charge in [0.15, 0.2) is 0 Å². The van der Waals surface area contributed by atoms with Crippen LogP contribution in [-0.4, -0.2) is 26.2 Å². The molecule has 2 heterocycles. The monoisotopic (exact) mass is 511 g/mol. The Morgan fingerprint density at radius 1 is 1.08 bits per heavy atom. The molecule has 0 amide bonds. The molecule has 4 rings (SSSR count). The van der Waals surface area contributed by atoms with Crippen LogP contribution in [0.25, 0.3) is 12.2 Å². The average Bonchev–Trinajstić information content (AvgIpc) is 3.47. The molecule has 0 saturated carbocycles. The van der Waals surface area contributed by atoms with E-state index in [-0.39, 0.29) is 6.61 Å². The quantitative estimate of drug-likeness (QED) is 0.256. The van der Waals surface area contributed by atoms with Gasteiger partial charge in [-0.1, -0.05) is 24.3 Å². The number of aliphatic hydroxyl groups excluding tert-OH is 1. The maximum atomic E-state index is 12.7.